The Bertz CT molecular complexity index is 438. The monoisotopic (exact) mass is 260 g/mol. The van der Waals surface area contributed by atoms with E-state index >= 15 is 0 Å². The van der Waals surface area contributed by atoms with E-state index < -0.39 is 0 Å². The van der Waals surface area contributed by atoms with Gasteiger partial charge in [-0.25, -0.2) is 0 Å². The first-order chi connectivity index (χ1) is 8.61. The van der Waals surface area contributed by atoms with Crippen LogP contribution in [0.5, 0.6) is 0 Å². The molecule has 1 heteroatoms. The summed E-state index contributed by atoms with van der Waals surface area (Å²) in [5, 5.41) is 0. The maximum absolute atomic E-state index is 12.0. The normalized spacial score (nSPS) is 12.0. The predicted molar refractivity (Wildman–Crippen MR) is 82.8 cm³/mol. The van der Waals surface area contributed by atoms with Crippen LogP contribution in [-0.4, -0.2) is 5.78 Å². The van der Waals surface area contributed by atoms with Crippen LogP contribution in [-0.2, 0) is 16.6 Å². The second-order valence-corrected chi connectivity index (χ2v) is 7.15. The van der Waals surface area contributed by atoms with E-state index in [1.165, 1.54) is 22.3 Å². The van der Waals surface area contributed by atoms with Gasteiger partial charge in [-0.2, -0.15) is 0 Å². The summed E-state index contributed by atoms with van der Waals surface area (Å²) in [4.78, 5) is 12.0. The van der Waals surface area contributed by atoms with Crippen molar-refractivity contribution in [2.45, 2.75) is 66.7 Å². The van der Waals surface area contributed by atoms with E-state index in [9.17, 15) is 4.79 Å². The van der Waals surface area contributed by atoms with Crippen molar-refractivity contribution in [3.8, 4) is 0 Å². The molecule has 0 saturated carbocycles. The van der Waals surface area contributed by atoms with Crippen LogP contribution in [0.15, 0.2) is 12.1 Å². The Balaban J connectivity index is 3.01. The maximum atomic E-state index is 12.0. The zero-order valence-corrected chi connectivity index (χ0v) is 13.6. The summed E-state index contributed by atoms with van der Waals surface area (Å²) < 4.78 is 0. The first-order valence-corrected chi connectivity index (χ1v) is 7.23. The van der Waals surface area contributed by atoms with Gasteiger partial charge in [0.25, 0.3) is 0 Å². The molecule has 0 aliphatic heterocycles. The van der Waals surface area contributed by atoms with Crippen molar-refractivity contribution in [3.63, 3.8) is 0 Å². The first kappa shape index (κ1) is 15.9. The molecule has 0 spiro atoms. The van der Waals surface area contributed by atoms with Gasteiger partial charge >= 0.3 is 0 Å². The number of ketones is 1. The average Bonchev–Trinajstić information content (AvgIpc) is 2.20. The molecule has 0 amide bonds. The molecule has 1 aromatic carbocycles. The van der Waals surface area contributed by atoms with Gasteiger partial charge in [0.1, 0.15) is 5.78 Å². The van der Waals surface area contributed by atoms with E-state index in [-0.39, 0.29) is 5.41 Å². The van der Waals surface area contributed by atoms with E-state index in [1.807, 2.05) is 0 Å². The van der Waals surface area contributed by atoms with Crippen LogP contribution >= 0.6 is 0 Å². The molecule has 1 nitrogen and oxygen atoms in total. The minimum Gasteiger partial charge on any atom is -0.299 e. The van der Waals surface area contributed by atoms with Gasteiger partial charge < -0.3 is 0 Å². The standard InChI is InChI=1S/C18H28O/c1-12(2)8-16(19)11-17-13(3)9-15(10-14(17)4)18(5,6)7/h9-10,12H,8,11H2,1-7H3. The molecule has 0 aliphatic rings. The van der Waals surface area contributed by atoms with Crippen molar-refractivity contribution in [1.82, 2.24) is 0 Å². The summed E-state index contributed by atoms with van der Waals surface area (Å²) in [6.07, 6.45) is 1.26. The average molecular weight is 260 g/mol. The van der Waals surface area contributed by atoms with Gasteiger partial charge in [0.15, 0.2) is 0 Å². The van der Waals surface area contributed by atoms with E-state index in [4.69, 9.17) is 0 Å². The molecule has 1 rings (SSSR count). The van der Waals surface area contributed by atoms with Gasteiger partial charge in [-0.15, -0.1) is 0 Å². The van der Waals surface area contributed by atoms with Crippen LogP contribution in [0.2, 0.25) is 0 Å². The summed E-state index contributed by atoms with van der Waals surface area (Å²) >= 11 is 0. The van der Waals surface area contributed by atoms with Crippen molar-refractivity contribution >= 4 is 5.78 Å². The van der Waals surface area contributed by atoms with Gasteiger partial charge in [0, 0.05) is 12.8 Å². The number of benzene rings is 1. The molecular formula is C18H28O. The molecule has 19 heavy (non-hydrogen) atoms. The van der Waals surface area contributed by atoms with Gasteiger partial charge in [0.2, 0.25) is 0 Å². The van der Waals surface area contributed by atoms with E-state index in [0.717, 1.165) is 0 Å². The lowest BCUT2D eigenvalue weighted by Crippen LogP contribution is -2.14. The Labute approximate surface area is 118 Å². The lowest BCUT2D eigenvalue weighted by Gasteiger charge is -2.22. The van der Waals surface area contributed by atoms with Gasteiger partial charge in [-0.1, -0.05) is 46.8 Å². The molecule has 0 radical (unpaired) electrons. The van der Waals surface area contributed by atoms with Crippen molar-refractivity contribution < 1.29 is 4.79 Å². The highest BCUT2D eigenvalue weighted by Crippen LogP contribution is 2.27. The largest absolute Gasteiger partial charge is 0.299 e. The number of hydrogen-bond acceptors (Lipinski definition) is 1. The maximum Gasteiger partial charge on any atom is 0.137 e. The van der Waals surface area contributed by atoms with Crippen molar-refractivity contribution in [2.75, 3.05) is 0 Å². The summed E-state index contributed by atoms with van der Waals surface area (Å²) in [7, 11) is 0. The first-order valence-electron chi connectivity index (χ1n) is 7.23. The van der Waals surface area contributed by atoms with Crippen LogP contribution < -0.4 is 0 Å². The fraction of sp³-hybridized carbons (Fsp3) is 0.611. The minimum absolute atomic E-state index is 0.163. The number of hydrogen-bond donors (Lipinski definition) is 0. The lowest BCUT2D eigenvalue weighted by atomic mass is 9.83. The van der Waals surface area contributed by atoms with Crippen LogP contribution in [0.1, 0.15) is 63.3 Å². The fourth-order valence-corrected chi connectivity index (χ4v) is 2.43. The van der Waals surface area contributed by atoms with E-state index in [0.29, 0.717) is 24.5 Å². The smallest absolute Gasteiger partial charge is 0.137 e. The fourth-order valence-electron chi connectivity index (χ4n) is 2.43. The summed E-state index contributed by atoms with van der Waals surface area (Å²) in [5.41, 5.74) is 5.24. The van der Waals surface area contributed by atoms with Crippen LogP contribution in [0.3, 0.4) is 0 Å². The van der Waals surface area contributed by atoms with Gasteiger partial charge in [0.05, 0.1) is 0 Å². The zero-order chi connectivity index (χ0) is 14.8. The number of carbonyl (C=O) groups excluding carboxylic acids is 1. The molecule has 0 unspecified atom stereocenters. The Morgan fingerprint density at radius 3 is 1.95 bits per heavy atom. The lowest BCUT2D eigenvalue weighted by molar-refractivity contribution is -0.119. The molecule has 0 aliphatic carbocycles. The molecule has 0 atom stereocenters. The molecule has 0 aromatic heterocycles. The minimum atomic E-state index is 0.163. The molecule has 1 aromatic rings. The summed E-state index contributed by atoms with van der Waals surface area (Å²) in [6.45, 7) is 15.1. The van der Waals surface area contributed by atoms with Crippen LogP contribution in [0.4, 0.5) is 0 Å². The molecular weight excluding hydrogens is 232 g/mol. The Morgan fingerprint density at radius 2 is 1.58 bits per heavy atom. The zero-order valence-electron chi connectivity index (χ0n) is 13.6. The molecule has 0 saturated heterocycles. The number of carbonyl (C=O) groups is 1. The van der Waals surface area contributed by atoms with Gasteiger partial charge in [-0.3, -0.25) is 4.79 Å². The highest BCUT2D eigenvalue weighted by atomic mass is 16.1. The van der Waals surface area contributed by atoms with E-state index in [2.05, 4.69) is 60.6 Å². The predicted octanol–water partition coefficient (Wildman–Crippen LogP) is 4.76. The third kappa shape index (κ3) is 4.49. The van der Waals surface area contributed by atoms with Crippen molar-refractivity contribution in [3.05, 3.63) is 34.4 Å². The van der Waals surface area contributed by atoms with Crippen LogP contribution in [0, 0.1) is 19.8 Å². The van der Waals surface area contributed by atoms with Crippen molar-refractivity contribution in [1.29, 1.82) is 0 Å². The number of Topliss-reactive ketones (excluding diaryl/α,β-unsaturated/α-hetero) is 1. The quantitative estimate of drug-likeness (QED) is 0.763. The molecule has 106 valence electrons. The Hall–Kier alpha value is -1.11. The number of rotatable bonds is 4. The topological polar surface area (TPSA) is 17.1 Å². The molecule has 0 N–H and O–H groups in total. The SMILES string of the molecule is Cc1cc(C(C)(C)C)cc(C)c1CC(=O)CC(C)C. The third-order valence-electron chi connectivity index (χ3n) is 3.57. The van der Waals surface area contributed by atoms with E-state index in [1.54, 1.807) is 0 Å². The molecule has 0 bridgehead atoms. The van der Waals surface area contributed by atoms with Gasteiger partial charge in [-0.05, 0) is 47.4 Å². The molecule has 0 fully saturated rings. The Morgan fingerprint density at radius 1 is 1.11 bits per heavy atom. The molecule has 0 heterocycles. The second-order valence-electron chi connectivity index (χ2n) is 7.15. The highest BCUT2D eigenvalue weighted by Gasteiger charge is 2.17. The van der Waals surface area contributed by atoms with Crippen molar-refractivity contribution in [2.24, 2.45) is 5.92 Å². The third-order valence-corrected chi connectivity index (χ3v) is 3.57. The Kier molecular flexibility index (Phi) is 4.95. The number of aryl methyl sites for hydroxylation is 2. The second kappa shape index (κ2) is 5.90. The summed E-state index contributed by atoms with van der Waals surface area (Å²) in [5.74, 6) is 0.798. The highest BCUT2D eigenvalue weighted by molar-refractivity contribution is 5.81. The van der Waals surface area contributed by atoms with Crippen LogP contribution in [0.25, 0.3) is 0 Å². The summed E-state index contributed by atoms with van der Waals surface area (Å²) in [6, 6.07) is 4.48.